The van der Waals surface area contributed by atoms with Gasteiger partial charge in [-0.05, 0) is 50.5 Å². The standard InChI is InChI=1S/C19H26N2O6S2/c1-21(2)17(18-5-4-10-27-18)11-20-16-12-28(22,23)13-19(16)29(24,25)15-8-6-14(26-3)7-9-15/h4-10,16-17,19-20H,11-13H2,1-3H3/t16-,17?,19-/m0/s1. The van der Waals surface area contributed by atoms with Crippen molar-refractivity contribution in [2.75, 3.05) is 39.3 Å². The number of sulfone groups is 2. The van der Waals surface area contributed by atoms with E-state index in [1.807, 2.05) is 25.1 Å². The Labute approximate surface area is 171 Å². The van der Waals surface area contributed by atoms with Crippen molar-refractivity contribution in [2.24, 2.45) is 0 Å². The van der Waals surface area contributed by atoms with Crippen LogP contribution in [0.15, 0.2) is 52.0 Å². The fraction of sp³-hybridized carbons (Fsp3) is 0.474. The van der Waals surface area contributed by atoms with Gasteiger partial charge in [-0.15, -0.1) is 0 Å². The predicted molar refractivity (Wildman–Crippen MR) is 110 cm³/mol. The van der Waals surface area contributed by atoms with Gasteiger partial charge in [0.25, 0.3) is 0 Å². The Morgan fingerprint density at radius 3 is 2.45 bits per heavy atom. The van der Waals surface area contributed by atoms with Crippen molar-refractivity contribution in [1.29, 1.82) is 0 Å². The molecule has 29 heavy (non-hydrogen) atoms. The summed E-state index contributed by atoms with van der Waals surface area (Å²) in [7, 11) is -2.06. The first-order valence-corrected chi connectivity index (χ1v) is 12.5. The molecule has 8 nitrogen and oxygen atoms in total. The van der Waals surface area contributed by atoms with Gasteiger partial charge < -0.3 is 14.5 Å². The average molecular weight is 443 g/mol. The van der Waals surface area contributed by atoms with Crippen molar-refractivity contribution >= 4 is 19.7 Å². The second kappa shape index (κ2) is 8.47. The third-order valence-electron chi connectivity index (χ3n) is 5.16. The predicted octanol–water partition coefficient (Wildman–Crippen LogP) is 1.12. The summed E-state index contributed by atoms with van der Waals surface area (Å²) in [5, 5.41) is 2.12. The quantitative estimate of drug-likeness (QED) is 0.648. The average Bonchev–Trinajstić information content (AvgIpc) is 3.29. The molecule has 0 bridgehead atoms. The van der Waals surface area contributed by atoms with Crippen LogP contribution in [0.1, 0.15) is 11.8 Å². The van der Waals surface area contributed by atoms with Crippen molar-refractivity contribution in [1.82, 2.24) is 10.2 Å². The minimum atomic E-state index is -3.84. The molecule has 0 saturated carbocycles. The minimum absolute atomic E-state index is 0.0856. The second-order valence-corrected chi connectivity index (χ2v) is 11.7. The minimum Gasteiger partial charge on any atom is -0.497 e. The van der Waals surface area contributed by atoms with E-state index in [4.69, 9.17) is 9.15 Å². The molecule has 3 atom stereocenters. The van der Waals surface area contributed by atoms with Gasteiger partial charge in [-0.3, -0.25) is 4.90 Å². The van der Waals surface area contributed by atoms with E-state index in [1.54, 1.807) is 24.5 Å². The molecular weight excluding hydrogens is 416 g/mol. The fourth-order valence-corrected chi connectivity index (χ4v) is 8.25. The molecule has 3 rings (SSSR count). The maximum Gasteiger partial charge on any atom is 0.183 e. The number of hydrogen-bond acceptors (Lipinski definition) is 8. The Kier molecular flexibility index (Phi) is 6.37. The molecule has 0 radical (unpaired) electrons. The molecule has 0 aliphatic carbocycles. The number of benzene rings is 1. The molecule has 1 aliphatic heterocycles. The lowest BCUT2D eigenvalue weighted by Crippen LogP contribution is -2.46. The van der Waals surface area contributed by atoms with Gasteiger partial charge >= 0.3 is 0 Å². The van der Waals surface area contributed by atoms with E-state index in [0.717, 1.165) is 5.76 Å². The van der Waals surface area contributed by atoms with Gasteiger partial charge in [0.15, 0.2) is 19.7 Å². The largest absolute Gasteiger partial charge is 0.497 e. The number of nitrogens with zero attached hydrogens (tertiary/aromatic N) is 1. The van der Waals surface area contributed by atoms with Crippen LogP contribution in [0.5, 0.6) is 5.75 Å². The number of nitrogens with one attached hydrogen (secondary N) is 1. The summed E-state index contributed by atoms with van der Waals surface area (Å²) in [5.41, 5.74) is 0. The van der Waals surface area contributed by atoms with Gasteiger partial charge in [-0.1, -0.05) is 0 Å². The lowest BCUT2D eigenvalue weighted by atomic mass is 10.2. The van der Waals surface area contributed by atoms with E-state index in [9.17, 15) is 16.8 Å². The zero-order chi connectivity index (χ0) is 21.2. The molecule has 1 aromatic heterocycles. The van der Waals surface area contributed by atoms with Crippen LogP contribution in [-0.2, 0) is 19.7 Å². The monoisotopic (exact) mass is 442 g/mol. The number of methoxy groups -OCH3 is 1. The van der Waals surface area contributed by atoms with Gasteiger partial charge in [-0.2, -0.15) is 0 Å². The molecule has 0 spiro atoms. The van der Waals surface area contributed by atoms with Gasteiger partial charge in [0.05, 0.1) is 41.1 Å². The molecular formula is C19H26N2O6S2. The highest BCUT2D eigenvalue weighted by molar-refractivity contribution is 7.96. The SMILES string of the molecule is COc1ccc(S(=O)(=O)[C@H]2CS(=O)(=O)C[C@@H]2NCC(c2ccco2)N(C)C)cc1. The summed E-state index contributed by atoms with van der Waals surface area (Å²) in [4.78, 5) is 2.02. The number of hydrogen-bond donors (Lipinski definition) is 1. The first kappa shape index (κ1) is 21.8. The Morgan fingerprint density at radius 1 is 1.21 bits per heavy atom. The second-order valence-electron chi connectivity index (χ2n) is 7.35. The molecule has 2 heterocycles. The van der Waals surface area contributed by atoms with Crippen LogP contribution in [0.4, 0.5) is 0 Å². The Bertz CT molecular complexity index is 1020. The first-order chi connectivity index (χ1) is 13.6. The lowest BCUT2D eigenvalue weighted by molar-refractivity contribution is 0.245. The first-order valence-electron chi connectivity index (χ1n) is 9.15. The summed E-state index contributed by atoms with van der Waals surface area (Å²) in [6.07, 6.45) is 1.57. The molecule has 0 amide bonds. The number of ether oxygens (including phenoxy) is 1. The molecule has 160 valence electrons. The number of likely N-dealkylation sites (N-methyl/N-ethyl adjacent to an activating group) is 1. The molecule has 1 aromatic carbocycles. The zero-order valence-corrected chi connectivity index (χ0v) is 18.2. The summed E-state index contributed by atoms with van der Waals surface area (Å²) >= 11 is 0. The van der Waals surface area contributed by atoms with Crippen molar-refractivity contribution in [2.45, 2.75) is 22.2 Å². The summed E-state index contributed by atoms with van der Waals surface area (Å²) < 4.78 is 61.4. The van der Waals surface area contributed by atoms with Crippen LogP contribution in [-0.4, -0.2) is 72.3 Å². The van der Waals surface area contributed by atoms with Crippen LogP contribution in [0.3, 0.4) is 0 Å². The Morgan fingerprint density at radius 2 is 1.90 bits per heavy atom. The van der Waals surface area contributed by atoms with Crippen molar-refractivity contribution < 1.29 is 26.0 Å². The molecule has 1 unspecified atom stereocenters. The third-order valence-corrected chi connectivity index (χ3v) is 9.32. The molecule has 10 heteroatoms. The van der Waals surface area contributed by atoms with Gasteiger partial charge in [0.2, 0.25) is 0 Å². The van der Waals surface area contributed by atoms with E-state index in [2.05, 4.69) is 5.32 Å². The van der Waals surface area contributed by atoms with Gasteiger partial charge in [-0.25, -0.2) is 16.8 Å². The zero-order valence-electron chi connectivity index (χ0n) is 16.6. The van der Waals surface area contributed by atoms with Crippen LogP contribution in [0, 0.1) is 0 Å². The Hall–Kier alpha value is -1.88. The van der Waals surface area contributed by atoms with Gasteiger partial charge in [0.1, 0.15) is 11.5 Å². The fourth-order valence-electron chi connectivity index (χ4n) is 3.53. The van der Waals surface area contributed by atoms with Crippen molar-refractivity contribution in [3.05, 3.63) is 48.4 Å². The molecule has 1 aliphatic rings. The summed E-state index contributed by atoms with van der Waals surface area (Å²) in [5.74, 6) is 0.639. The van der Waals surface area contributed by atoms with Crippen LogP contribution in [0.2, 0.25) is 0 Å². The summed E-state index contributed by atoms with van der Waals surface area (Å²) in [6, 6.07) is 8.76. The van der Waals surface area contributed by atoms with Crippen molar-refractivity contribution in [3.8, 4) is 5.75 Å². The van der Waals surface area contributed by atoms with E-state index < -0.39 is 36.7 Å². The third kappa shape index (κ3) is 4.82. The van der Waals surface area contributed by atoms with E-state index in [1.165, 1.54) is 19.2 Å². The maximum atomic E-state index is 13.2. The highest BCUT2D eigenvalue weighted by Gasteiger charge is 2.45. The lowest BCUT2D eigenvalue weighted by Gasteiger charge is -2.26. The van der Waals surface area contributed by atoms with Crippen molar-refractivity contribution in [3.63, 3.8) is 0 Å². The molecule has 1 saturated heterocycles. The number of furan rings is 1. The topological polar surface area (TPSA) is 106 Å². The highest BCUT2D eigenvalue weighted by atomic mass is 32.2. The maximum absolute atomic E-state index is 13.2. The number of rotatable bonds is 8. The summed E-state index contributed by atoms with van der Waals surface area (Å²) in [6.45, 7) is 0.356. The van der Waals surface area contributed by atoms with E-state index in [0.29, 0.717) is 12.3 Å². The highest BCUT2D eigenvalue weighted by Crippen LogP contribution is 2.28. The molecule has 1 fully saturated rings. The molecule has 2 aromatic rings. The smallest absolute Gasteiger partial charge is 0.183 e. The normalized spacial score (nSPS) is 22.6. The van der Waals surface area contributed by atoms with Crippen LogP contribution < -0.4 is 10.1 Å². The Balaban J connectivity index is 1.83. The van der Waals surface area contributed by atoms with E-state index >= 15 is 0 Å². The molecule has 1 N–H and O–H groups in total. The van der Waals surface area contributed by atoms with E-state index in [-0.39, 0.29) is 16.7 Å². The van der Waals surface area contributed by atoms with Gasteiger partial charge in [0, 0.05) is 12.6 Å². The van der Waals surface area contributed by atoms with Crippen LogP contribution >= 0.6 is 0 Å². The van der Waals surface area contributed by atoms with Crippen LogP contribution in [0.25, 0.3) is 0 Å².